The third-order valence-corrected chi connectivity index (χ3v) is 4.40. The first-order valence-corrected chi connectivity index (χ1v) is 8.24. The van der Waals surface area contributed by atoms with Crippen molar-refractivity contribution in [3.8, 4) is 5.75 Å². The number of aromatic nitrogens is 2. The Morgan fingerprint density at radius 1 is 1.32 bits per heavy atom. The Kier molecular flexibility index (Phi) is 5.39. The second kappa shape index (κ2) is 7.89. The molecule has 0 spiro atoms. The van der Waals surface area contributed by atoms with Crippen LogP contribution in [0.5, 0.6) is 5.75 Å². The normalized spacial score (nSPS) is 15.8. The van der Waals surface area contributed by atoms with Gasteiger partial charge in [0.05, 0.1) is 11.5 Å². The van der Waals surface area contributed by atoms with Crippen LogP contribution in [0.4, 0.5) is 5.69 Å². The molecule has 25 heavy (non-hydrogen) atoms. The van der Waals surface area contributed by atoms with Crippen LogP contribution < -0.4 is 10.3 Å². The molecule has 1 fully saturated rings. The maximum atomic E-state index is 11.7. The Balaban J connectivity index is 1.49. The van der Waals surface area contributed by atoms with E-state index < -0.39 is 4.92 Å². The molecule has 2 aromatic rings. The van der Waals surface area contributed by atoms with Crippen LogP contribution in [0.3, 0.4) is 0 Å². The van der Waals surface area contributed by atoms with Crippen molar-refractivity contribution in [2.75, 3.05) is 19.7 Å². The van der Waals surface area contributed by atoms with E-state index in [-0.39, 0.29) is 11.2 Å². The highest BCUT2D eigenvalue weighted by Gasteiger charge is 2.22. The van der Waals surface area contributed by atoms with Crippen molar-refractivity contribution in [2.45, 2.75) is 19.4 Å². The minimum absolute atomic E-state index is 0.00527. The molecule has 3 rings (SSSR count). The molecule has 1 aliphatic heterocycles. The molecule has 0 bridgehead atoms. The highest BCUT2D eigenvalue weighted by atomic mass is 16.6. The lowest BCUT2D eigenvalue weighted by Gasteiger charge is -2.31. The van der Waals surface area contributed by atoms with Crippen LogP contribution in [-0.2, 0) is 6.54 Å². The fourth-order valence-corrected chi connectivity index (χ4v) is 2.96. The molecule has 1 saturated heterocycles. The zero-order valence-electron chi connectivity index (χ0n) is 13.8. The number of hydrogen-bond donors (Lipinski definition) is 1. The molecule has 0 saturated carbocycles. The van der Waals surface area contributed by atoms with E-state index in [2.05, 4.69) is 14.9 Å². The van der Waals surface area contributed by atoms with E-state index in [0.29, 0.717) is 30.5 Å². The van der Waals surface area contributed by atoms with E-state index in [1.807, 2.05) is 0 Å². The van der Waals surface area contributed by atoms with Gasteiger partial charge in [0, 0.05) is 25.0 Å². The van der Waals surface area contributed by atoms with Gasteiger partial charge in [-0.15, -0.1) is 0 Å². The lowest BCUT2D eigenvalue weighted by molar-refractivity contribution is -0.385. The number of nitrogens with zero attached hydrogens (tertiary/aromatic N) is 3. The molecule has 1 aromatic carbocycles. The number of nitrogens with one attached hydrogen (secondary N) is 1. The van der Waals surface area contributed by atoms with Crippen LogP contribution in [0.1, 0.15) is 18.5 Å². The van der Waals surface area contributed by atoms with Gasteiger partial charge in [0.25, 0.3) is 5.56 Å². The molecule has 2 heterocycles. The van der Waals surface area contributed by atoms with E-state index in [4.69, 9.17) is 4.74 Å². The van der Waals surface area contributed by atoms with Gasteiger partial charge in [-0.1, -0.05) is 12.1 Å². The average Bonchev–Trinajstić information content (AvgIpc) is 2.63. The molecular formula is C17H20N4O4. The van der Waals surface area contributed by atoms with Crippen molar-refractivity contribution < 1.29 is 9.66 Å². The summed E-state index contributed by atoms with van der Waals surface area (Å²) in [6.07, 6.45) is 4.96. The lowest BCUT2D eigenvalue weighted by Crippen LogP contribution is -2.36. The van der Waals surface area contributed by atoms with Gasteiger partial charge in [-0.25, -0.2) is 0 Å². The first-order valence-electron chi connectivity index (χ1n) is 8.24. The lowest BCUT2D eigenvalue weighted by atomic mass is 9.97. The van der Waals surface area contributed by atoms with Gasteiger partial charge in [0.2, 0.25) is 0 Å². The second-order valence-corrected chi connectivity index (χ2v) is 6.12. The minimum Gasteiger partial charge on any atom is -0.487 e. The van der Waals surface area contributed by atoms with Crippen molar-refractivity contribution in [3.63, 3.8) is 0 Å². The van der Waals surface area contributed by atoms with Gasteiger partial charge >= 0.3 is 5.69 Å². The second-order valence-electron chi connectivity index (χ2n) is 6.12. The van der Waals surface area contributed by atoms with Crippen molar-refractivity contribution in [1.82, 2.24) is 14.9 Å². The van der Waals surface area contributed by atoms with Gasteiger partial charge in [0.1, 0.15) is 5.69 Å². The van der Waals surface area contributed by atoms with Gasteiger partial charge in [-0.3, -0.25) is 24.8 Å². The van der Waals surface area contributed by atoms with Gasteiger partial charge in [0.15, 0.2) is 5.75 Å². The smallest absolute Gasteiger partial charge is 0.310 e. The van der Waals surface area contributed by atoms with Crippen LogP contribution in [-0.4, -0.2) is 39.5 Å². The van der Waals surface area contributed by atoms with E-state index >= 15 is 0 Å². The fourth-order valence-electron chi connectivity index (χ4n) is 2.96. The summed E-state index contributed by atoms with van der Waals surface area (Å²) in [5.41, 5.74) is 0.371. The molecule has 1 aromatic heterocycles. The standard InChI is InChI=1S/C17H20N4O4/c22-17-14(18-7-8-19-17)11-20-9-5-13(6-10-20)12-25-16-4-2-1-3-15(16)21(23)24/h1-4,7-8,13H,5-6,9-12H2,(H,19,22). The van der Waals surface area contributed by atoms with E-state index in [1.165, 1.54) is 12.3 Å². The summed E-state index contributed by atoms with van der Waals surface area (Å²) in [6.45, 7) is 2.69. The quantitative estimate of drug-likeness (QED) is 0.635. The number of aromatic amines is 1. The molecule has 0 atom stereocenters. The predicted octanol–water partition coefficient (Wildman–Crippen LogP) is 1.97. The molecular weight excluding hydrogens is 324 g/mol. The molecule has 0 unspecified atom stereocenters. The highest BCUT2D eigenvalue weighted by Crippen LogP contribution is 2.27. The number of para-hydroxylation sites is 2. The van der Waals surface area contributed by atoms with Gasteiger partial charge < -0.3 is 9.72 Å². The molecule has 8 heteroatoms. The summed E-state index contributed by atoms with van der Waals surface area (Å²) in [4.78, 5) is 31.2. The topological polar surface area (TPSA) is 101 Å². The summed E-state index contributed by atoms with van der Waals surface area (Å²) in [6, 6.07) is 6.43. The predicted molar refractivity (Wildman–Crippen MR) is 91.5 cm³/mol. The number of nitro benzene ring substituents is 1. The Hall–Kier alpha value is -2.74. The van der Waals surface area contributed by atoms with Crippen molar-refractivity contribution >= 4 is 5.69 Å². The maximum Gasteiger partial charge on any atom is 0.310 e. The number of benzene rings is 1. The summed E-state index contributed by atoms with van der Waals surface area (Å²) >= 11 is 0. The van der Waals surface area contributed by atoms with Crippen LogP contribution >= 0.6 is 0 Å². The van der Waals surface area contributed by atoms with E-state index in [9.17, 15) is 14.9 Å². The zero-order valence-corrected chi connectivity index (χ0v) is 13.8. The summed E-state index contributed by atoms with van der Waals surface area (Å²) in [5.74, 6) is 0.660. The summed E-state index contributed by atoms with van der Waals surface area (Å²) in [5, 5.41) is 11.0. The molecule has 1 N–H and O–H groups in total. The number of nitro groups is 1. The Labute approximate surface area is 144 Å². The van der Waals surface area contributed by atoms with E-state index in [0.717, 1.165) is 25.9 Å². The number of ether oxygens (including phenoxy) is 1. The SMILES string of the molecule is O=c1[nH]ccnc1CN1CCC(COc2ccccc2[N+](=O)[O-])CC1. The molecule has 0 radical (unpaired) electrons. The highest BCUT2D eigenvalue weighted by molar-refractivity contribution is 5.45. The maximum absolute atomic E-state index is 11.7. The Morgan fingerprint density at radius 2 is 2.08 bits per heavy atom. The van der Waals surface area contributed by atoms with Crippen molar-refractivity contribution in [2.24, 2.45) is 5.92 Å². The summed E-state index contributed by atoms with van der Waals surface area (Å²) in [7, 11) is 0. The largest absolute Gasteiger partial charge is 0.487 e. The number of likely N-dealkylation sites (tertiary alicyclic amines) is 1. The van der Waals surface area contributed by atoms with Gasteiger partial charge in [-0.2, -0.15) is 0 Å². The molecule has 132 valence electrons. The van der Waals surface area contributed by atoms with Crippen LogP contribution in [0.2, 0.25) is 0 Å². The molecule has 8 nitrogen and oxygen atoms in total. The zero-order chi connectivity index (χ0) is 17.6. The first kappa shape index (κ1) is 17.1. The number of hydrogen-bond acceptors (Lipinski definition) is 6. The van der Waals surface area contributed by atoms with Gasteiger partial charge in [-0.05, 0) is 37.9 Å². The average molecular weight is 344 g/mol. The Morgan fingerprint density at radius 3 is 2.80 bits per heavy atom. The van der Waals surface area contributed by atoms with Crippen LogP contribution in [0.25, 0.3) is 0 Å². The van der Waals surface area contributed by atoms with E-state index in [1.54, 1.807) is 24.4 Å². The third kappa shape index (κ3) is 4.42. The first-order chi connectivity index (χ1) is 12.1. The molecule has 0 amide bonds. The Bertz CT molecular complexity index is 784. The fraction of sp³-hybridized carbons (Fsp3) is 0.412. The molecule has 0 aliphatic carbocycles. The monoisotopic (exact) mass is 344 g/mol. The number of H-pyrrole nitrogens is 1. The molecule has 1 aliphatic rings. The van der Waals surface area contributed by atoms with Crippen molar-refractivity contribution in [1.29, 1.82) is 0 Å². The van der Waals surface area contributed by atoms with Crippen LogP contribution in [0.15, 0.2) is 41.5 Å². The number of piperidine rings is 1. The summed E-state index contributed by atoms with van der Waals surface area (Å²) < 4.78 is 5.68. The third-order valence-electron chi connectivity index (χ3n) is 4.40. The van der Waals surface area contributed by atoms with Crippen LogP contribution in [0, 0.1) is 16.0 Å². The van der Waals surface area contributed by atoms with Crippen molar-refractivity contribution in [3.05, 3.63) is 62.8 Å². The minimum atomic E-state index is -0.428. The number of rotatable bonds is 6.